The fourth-order valence-electron chi connectivity index (χ4n) is 3.12. The molecule has 0 saturated heterocycles. The Hall–Kier alpha value is -2.38. The van der Waals surface area contributed by atoms with Crippen molar-refractivity contribution in [1.82, 2.24) is 16.0 Å². The number of thioether (sulfide) groups is 1. The van der Waals surface area contributed by atoms with Gasteiger partial charge in [0.1, 0.15) is 0 Å². The monoisotopic (exact) mass is 415 g/mol. The highest BCUT2D eigenvalue weighted by Crippen LogP contribution is 2.43. The number of hydrogen-bond donors (Lipinski definition) is 5. The van der Waals surface area contributed by atoms with Gasteiger partial charge >= 0.3 is 0 Å². The van der Waals surface area contributed by atoms with Gasteiger partial charge in [0.15, 0.2) is 0 Å². The molecule has 1 amide bonds. The average Bonchev–Trinajstić information content (AvgIpc) is 3.51. The van der Waals surface area contributed by atoms with Crippen molar-refractivity contribution < 1.29 is 4.79 Å². The van der Waals surface area contributed by atoms with Crippen molar-refractivity contribution in [2.75, 3.05) is 25.9 Å². The Kier molecular flexibility index (Phi) is 9.15. The van der Waals surface area contributed by atoms with Crippen molar-refractivity contribution in [3.05, 3.63) is 71.1 Å². The minimum absolute atomic E-state index is 0.0848. The number of hydrogen-bond acceptors (Lipinski definition) is 6. The van der Waals surface area contributed by atoms with Crippen LogP contribution in [0.4, 0.5) is 0 Å². The molecule has 1 aliphatic heterocycles. The molecule has 7 heteroatoms. The van der Waals surface area contributed by atoms with E-state index in [1.807, 2.05) is 30.5 Å². The second kappa shape index (κ2) is 11.6. The van der Waals surface area contributed by atoms with Crippen molar-refractivity contribution in [3.63, 3.8) is 0 Å². The summed E-state index contributed by atoms with van der Waals surface area (Å²) in [6.45, 7) is 9.41. The van der Waals surface area contributed by atoms with Gasteiger partial charge in [-0.15, -0.1) is 11.8 Å². The first kappa shape index (κ1) is 22.9. The normalized spacial score (nSPS) is 22.4. The highest BCUT2D eigenvalue weighted by atomic mass is 32.2. The Morgan fingerprint density at radius 2 is 2.17 bits per heavy atom. The maximum Gasteiger partial charge on any atom is 0.236 e. The molecule has 1 aliphatic carbocycles. The number of carbonyl (C=O) groups is 1. The van der Waals surface area contributed by atoms with E-state index in [0.29, 0.717) is 18.9 Å². The van der Waals surface area contributed by atoms with Crippen LogP contribution in [0.1, 0.15) is 19.3 Å². The van der Waals surface area contributed by atoms with E-state index in [2.05, 4.69) is 35.4 Å². The van der Waals surface area contributed by atoms with E-state index in [4.69, 9.17) is 11.5 Å². The number of amides is 1. The lowest BCUT2D eigenvalue weighted by Crippen LogP contribution is -2.41. The van der Waals surface area contributed by atoms with Gasteiger partial charge < -0.3 is 27.4 Å². The number of nitrogens with one attached hydrogen (secondary N) is 3. The first-order valence-electron chi connectivity index (χ1n) is 9.85. The Bertz CT molecular complexity index is 746. The van der Waals surface area contributed by atoms with Crippen molar-refractivity contribution >= 4 is 17.7 Å². The molecule has 158 valence electrons. The molecule has 1 unspecified atom stereocenters. The molecule has 0 aromatic rings. The van der Waals surface area contributed by atoms with Gasteiger partial charge in [0.25, 0.3) is 0 Å². The van der Waals surface area contributed by atoms with Crippen LogP contribution in [0.15, 0.2) is 71.1 Å². The van der Waals surface area contributed by atoms with E-state index in [0.717, 1.165) is 41.9 Å². The molecular formula is C22H33N5OS. The summed E-state index contributed by atoms with van der Waals surface area (Å²) in [5, 5.41) is 10.1. The molecule has 0 aromatic carbocycles. The second-order valence-electron chi connectivity index (χ2n) is 7.18. The van der Waals surface area contributed by atoms with Crippen molar-refractivity contribution in [1.29, 1.82) is 0 Å². The molecule has 6 nitrogen and oxygen atoms in total. The minimum atomic E-state index is -0.392. The fourth-order valence-corrected chi connectivity index (χ4v) is 4.12. The zero-order valence-electron chi connectivity index (χ0n) is 17.2. The standard InChI is InChI=1S/C22H33N5OS/c1-15-7-5-4-6-10-25-13-18(15)11-19(27-16(2)12-23)21(26-14-20(24)28)22(29-3)17-8-9-17/h4-7,13,17,19,25-27H,1-2,8-12,14,23H2,3H3,(H2,24,28)/b6-4-,7-5-,18-13-,22-21-. The van der Waals surface area contributed by atoms with Crippen LogP contribution in [0, 0.1) is 5.92 Å². The van der Waals surface area contributed by atoms with Gasteiger partial charge in [-0.3, -0.25) is 4.79 Å². The fraction of sp³-hybridized carbons (Fsp3) is 0.409. The van der Waals surface area contributed by atoms with Crippen molar-refractivity contribution in [3.8, 4) is 0 Å². The summed E-state index contributed by atoms with van der Waals surface area (Å²) in [7, 11) is 0. The second-order valence-corrected chi connectivity index (χ2v) is 8.02. The average molecular weight is 416 g/mol. The SMILES string of the molecule is C=C(CN)NC(C/C1=C/NC/C=C\C=C/C1=C)/C(NCC(N)=O)=C(/SC)C1CC1. The van der Waals surface area contributed by atoms with Crippen LogP contribution in [0.2, 0.25) is 0 Å². The molecule has 1 heterocycles. The van der Waals surface area contributed by atoms with Gasteiger partial charge in [-0.2, -0.15) is 0 Å². The number of primary amides is 1. The van der Waals surface area contributed by atoms with Crippen LogP contribution in [0.3, 0.4) is 0 Å². The van der Waals surface area contributed by atoms with Gasteiger partial charge in [0, 0.05) is 42.0 Å². The number of carbonyl (C=O) groups excluding carboxylic acids is 1. The van der Waals surface area contributed by atoms with E-state index in [-0.39, 0.29) is 12.6 Å². The molecule has 2 rings (SSSR count). The first-order chi connectivity index (χ1) is 14.0. The largest absolute Gasteiger partial charge is 0.387 e. The Morgan fingerprint density at radius 1 is 1.41 bits per heavy atom. The molecule has 0 bridgehead atoms. The van der Waals surface area contributed by atoms with Gasteiger partial charge in [-0.1, -0.05) is 37.5 Å². The maximum atomic E-state index is 11.5. The van der Waals surface area contributed by atoms with E-state index >= 15 is 0 Å². The maximum absolute atomic E-state index is 11.5. The lowest BCUT2D eigenvalue weighted by atomic mass is 9.96. The van der Waals surface area contributed by atoms with Crippen molar-refractivity contribution in [2.24, 2.45) is 17.4 Å². The van der Waals surface area contributed by atoms with Gasteiger partial charge in [0.05, 0.1) is 12.6 Å². The third-order valence-electron chi connectivity index (χ3n) is 4.75. The van der Waals surface area contributed by atoms with Crippen LogP contribution in [0.5, 0.6) is 0 Å². The van der Waals surface area contributed by atoms with E-state index < -0.39 is 5.91 Å². The van der Waals surface area contributed by atoms with Crippen LogP contribution in [-0.2, 0) is 4.79 Å². The molecule has 0 aromatic heterocycles. The minimum Gasteiger partial charge on any atom is -0.387 e. The van der Waals surface area contributed by atoms with Crippen molar-refractivity contribution in [2.45, 2.75) is 25.3 Å². The number of rotatable bonds is 11. The third-order valence-corrected chi connectivity index (χ3v) is 5.75. The number of allylic oxidation sites excluding steroid dienone is 5. The summed E-state index contributed by atoms with van der Waals surface area (Å²) in [4.78, 5) is 12.7. The van der Waals surface area contributed by atoms with E-state index in [1.54, 1.807) is 11.8 Å². The Labute approximate surface area is 178 Å². The highest BCUT2D eigenvalue weighted by molar-refractivity contribution is 8.02. The molecule has 2 aliphatic rings. The van der Waals surface area contributed by atoms with Crippen LogP contribution < -0.4 is 27.4 Å². The molecule has 0 radical (unpaired) electrons. The molecule has 1 fully saturated rings. The Balaban J connectivity index is 2.38. The predicted octanol–water partition coefficient (Wildman–Crippen LogP) is 2.02. The molecule has 1 saturated carbocycles. The van der Waals surface area contributed by atoms with Gasteiger partial charge in [0.2, 0.25) is 5.91 Å². The van der Waals surface area contributed by atoms with Crippen LogP contribution >= 0.6 is 11.8 Å². The quantitative estimate of drug-likeness (QED) is 0.354. The zero-order valence-corrected chi connectivity index (χ0v) is 18.0. The summed E-state index contributed by atoms with van der Waals surface area (Å²) in [6, 6.07) is -0.125. The predicted molar refractivity (Wildman–Crippen MR) is 124 cm³/mol. The molecule has 7 N–H and O–H groups in total. The molecule has 1 atom stereocenters. The molecule has 29 heavy (non-hydrogen) atoms. The van der Waals surface area contributed by atoms with Crippen LogP contribution in [0.25, 0.3) is 0 Å². The third kappa shape index (κ3) is 7.51. The smallest absolute Gasteiger partial charge is 0.236 e. The summed E-state index contributed by atoms with van der Waals surface area (Å²) < 4.78 is 0. The topological polar surface area (TPSA) is 105 Å². The lowest BCUT2D eigenvalue weighted by Gasteiger charge is -2.28. The van der Waals surface area contributed by atoms with Gasteiger partial charge in [-0.05, 0) is 36.2 Å². The first-order valence-corrected chi connectivity index (χ1v) is 11.1. The number of nitrogens with two attached hydrogens (primary N) is 2. The van der Waals surface area contributed by atoms with Gasteiger partial charge in [-0.25, -0.2) is 0 Å². The Morgan fingerprint density at radius 3 is 2.79 bits per heavy atom. The summed E-state index contributed by atoms with van der Waals surface area (Å²) in [6.07, 6.45) is 15.1. The van der Waals surface area contributed by atoms with E-state index in [1.165, 1.54) is 4.91 Å². The zero-order chi connectivity index (χ0) is 21.2. The van der Waals surface area contributed by atoms with Crippen LogP contribution in [-0.4, -0.2) is 37.8 Å². The summed E-state index contributed by atoms with van der Waals surface area (Å²) in [5.74, 6) is 0.132. The summed E-state index contributed by atoms with van der Waals surface area (Å²) >= 11 is 1.72. The molecule has 0 spiro atoms. The molecular weight excluding hydrogens is 382 g/mol. The van der Waals surface area contributed by atoms with E-state index in [9.17, 15) is 4.79 Å². The highest BCUT2D eigenvalue weighted by Gasteiger charge is 2.31. The summed E-state index contributed by atoms with van der Waals surface area (Å²) in [5.41, 5.74) is 15.0. The lowest BCUT2D eigenvalue weighted by molar-refractivity contribution is -0.117.